The van der Waals surface area contributed by atoms with Crippen molar-refractivity contribution in [3.05, 3.63) is 97.2 Å². The zero-order valence-electron chi connectivity index (χ0n) is 44.6. The largest absolute Gasteiger partial charge is 0.545 e. The molecule has 0 N–H and O–H groups in total. The lowest BCUT2D eigenvalue weighted by Gasteiger charge is -2.26. The molecule has 0 bridgehead atoms. The van der Waals surface area contributed by atoms with Gasteiger partial charge in [0.15, 0.2) is 12.4 Å². The fourth-order valence-corrected chi connectivity index (χ4v) is 7.10. The van der Waals surface area contributed by atoms with Gasteiger partial charge in [0.05, 0.1) is 40.3 Å². The van der Waals surface area contributed by atoms with Gasteiger partial charge in [-0.05, 0) is 96.3 Å². The number of hydrogen-bond acceptors (Lipinski definition) is 8. The standard InChI is InChI=1S/C60H101NO8/c1-6-8-10-12-14-16-18-20-22-24-26-28-29-31-32-34-36-38-40-42-44-46-48-50-57(62)67-54-56(55-68-60(59(64)65)66-53-52-61(3,4)5)69-58(63)51-49-47-45-43-41-39-37-35-33-30-27-25-23-21-19-17-15-13-11-9-7-2/h9,11,15,17-18,20-21,23-24,26-27,30,35,37,41,43,56,60H,6-8,10,12-14,16,19,22,25,28-29,31-34,36,38-40,42,44-55H2,1-5H3/b11-9-,17-15-,20-18-,23-21-,26-24-,30-27-,37-35-,43-41-. The van der Waals surface area contributed by atoms with Gasteiger partial charge in [0, 0.05) is 12.8 Å². The number of carbonyl (C=O) groups is 3. The molecule has 0 fully saturated rings. The second-order valence-corrected chi connectivity index (χ2v) is 19.1. The first kappa shape index (κ1) is 65.2. The van der Waals surface area contributed by atoms with Gasteiger partial charge >= 0.3 is 11.9 Å². The molecule has 0 aromatic heterocycles. The molecule has 2 atom stereocenters. The first-order valence-corrected chi connectivity index (χ1v) is 27.4. The Morgan fingerprint density at radius 2 is 0.826 bits per heavy atom. The predicted octanol–water partition coefficient (Wildman–Crippen LogP) is 14.4. The third-order valence-electron chi connectivity index (χ3n) is 11.3. The molecule has 9 heteroatoms. The summed E-state index contributed by atoms with van der Waals surface area (Å²) in [6.45, 7) is 4.56. The second-order valence-electron chi connectivity index (χ2n) is 19.1. The molecule has 0 rings (SSSR count). The molecule has 69 heavy (non-hydrogen) atoms. The van der Waals surface area contributed by atoms with Crippen molar-refractivity contribution >= 4 is 17.9 Å². The van der Waals surface area contributed by atoms with Gasteiger partial charge in [-0.15, -0.1) is 0 Å². The molecule has 0 aliphatic carbocycles. The van der Waals surface area contributed by atoms with E-state index in [0.717, 1.165) is 77.0 Å². The van der Waals surface area contributed by atoms with Crippen molar-refractivity contribution in [3.8, 4) is 0 Å². The summed E-state index contributed by atoms with van der Waals surface area (Å²) >= 11 is 0. The first-order chi connectivity index (χ1) is 33.6. The highest BCUT2D eigenvalue weighted by atomic mass is 16.7. The van der Waals surface area contributed by atoms with E-state index in [-0.39, 0.29) is 38.6 Å². The highest BCUT2D eigenvalue weighted by Crippen LogP contribution is 2.14. The molecule has 0 spiro atoms. The van der Waals surface area contributed by atoms with Crippen LogP contribution in [0.15, 0.2) is 97.2 Å². The highest BCUT2D eigenvalue weighted by molar-refractivity contribution is 5.70. The zero-order chi connectivity index (χ0) is 50.6. The van der Waals surface area contributed by atoms with Crippen LogP contribution in [0, 0.1) is 0 Å². The normalized spacial score (nSPS) is 13.6. The van der Waals surface area contributed by atoms with Crippen LogP contribution in [0.3, 0.4) is 0 Å². The fourth-order valence-electron chi connectivity index (χ4n) is 7.10. The van der Waals surface area contributed by atoms with Crippen molar-refractivity contribution in [3.63, 3.8) is 0 Å². The van der Waals surface area contributed by atoms with Crippen LogP contribution in [0.2, 0.25) is 0 Å². The summed E-state index contributed by atoms with van der Waals surface area (Å²) in [5.41, 5.74) is 0. The van der Waals surface area contributed by atoms with E-state index in [1.807, 2.05) is 21.1 Å². The zero-order valence-corrected chi connectivity index (χ0v) is 44.6. The van der Waals surface area contributed by atoms with Gasteiger partial charge in [-0.2, -0.15) is 0 Å². The van der Waals surface area contributed by atoms with Crippen molar-refractivity contribution in [1.82, 2.24) is 0 Å². The van der Waals surface area contributed by atoms with E-state index < -0.39 is 24.3 Å². The maximum atomic E-state index is 12.8. The lowest BCUT2D eigenvalue weighted by Crippen LogP contribution is -2.44. The highest BCUT2D eigenvalue weighted by Gasteiger charge is 2.21. The minimum Gasteiger partial charge on any atom is -0.545 e. The van der Waals surface area contributed by atoms with E-state index in [4.69, 9.17) is 18.9 Å². The van der Waals surface area contributed by atoms with Crippen molar-refractivity contribution < 1.29 is 42.9 Å². The molecule has 0 heterocycles. The number of aliphatic carboxylic acids is 1. The summed E-state index contributed by atoms with van der Waals surface area (Å²) in [6, 6.07) is 0. The summed E-state index contributed by atoms with van der Waals surface area (Å²) in [7, 11) is 5.89. The summed E-state index contributed by atoms with van der Waals surface area (Å²) in [4.78, 5) is 37.2. The van der Waals surface area contributed by atoms with Crippen LogP contribution in [0.4, 0.5) is 0 Å². The minimum absolute atomic E-state index is 0.134. The van der Waals surface area contributed by atoms with E-state index in [9.17, 15) is 19.5 Å². The minimum atomic E-state index is -1.64. The van der Waals surface area contributed by atoms with Crippen molar-refractivity contribution in [1.29, 1.82) is 0 Å². The van der Waals surface area contributed by atoms with Crippen LogP contribution in [0.25, 0.3) is 0 Å². The van der Waals surface area contributed by atoms with E-state index in [2.05, 4.69) is 111 Å². The summed E-state index contributed by atoms with van der Waals surface area (Å²) in [5, 5.41) is 11.8. The number of quaternary nitrogens is 1. The second kappa shape index (κ2) is 50.6. The molecule has 0 aromatic rings. The monoisotopic (exact) mass is 964 g/mol. The van der Waals surface area contributed by atoms with E-state index in [1.165, 1.54) is 96.3 Å². The topological polar surface area (TPSA) is 111 Å². The lowest BCUT2D eigenvalue weighted by molar-refractivity contribution is -0.870. The first-order valence-electron chi connectivity index (χ1n) is 27.4. The third kappa shape index (κ3) is 51.9. The van der Waals surface area contributed by atoms with Crippen molar-refractivity contribution in [2.45, 2.75) is 219 Å². The average Bonchev–Trinajstić information content (AvgIpc) is 3.31. The van der Waals surface area contributed by atoms with Crippen LogP contribution in [0.1, 0.15) is 206 Å². The van der Waals surface area contributed by atoms with Crippen LogP contribution in [-0.4, -0.2) is 82.3 Å². The van der Waals surface area contributed by atoms with Gasteiger partial charge in [0.25, 0.3) is 0 Å². The molecule has 0 amide bonds. The smallest absolute Gasteiger partial charge is 0.306 e. The number of carboxylic acid groups (broad SMARTS) is 1. The number of rotatable bonds is 49. The maximum Gasteiger partial charge on any atom is 0.306 e. The predicted molar refractivity (Wildman–Crippen MR) is 287 cm³/mol. The molecule has 0 saturated carbocycles. The van der Waals surface area contributed by atoms with E-state index in [0.29, 0.717) is 17.4 Å². The Morgan fingerprint density at radius 3 is 1.26 bits per heavy atom. The summed E-state index contributed by atoms with van der Waals surface area (Å²) < 4.78 is 22.6. The number of carbonyl (C=O) groups excluding carboxylic acids is 3. The molecule has 9 nitrogen and oxygen atoms in total. The van der Waals surface area contributed by atoms with Gasteiger partial charge < -0.3 is 33.3 Å². The maximum absolute atomic E-state index is 12.8. The van der Waals surface area contributed by atoms with Crippen LogP contribution in [0.5, 0.6) is 0 Å². The number of nitrogens with zero attached hydrogens (tertiary/aromatic N) is 1. The molecule has 2 unspecified atom stereocenters. The molecule has 0 radical (unpaired) electrons. The molecular formula is C60H101NO8. The van der Waals surface area contributed by atoms with E-state index in [1.54, 1.807) is 0 Å². The van der Waals surface area contributed by atoms with Gasteiger partial charge in [-0.25, -0.2) is 0 Å². The quantitative estimate of drug-likeness (QED) is 0.0195. The van der Waals surface area contributed by atoms with E-state index >= 15 is 0 Å². The summed E-state index contributed by atoms with van der Waals surface area (Å²) in [5.74, 6) is -2.35. The molecule has 0 aliphatic rings. The average molecular weight is 964 g/mol. The number of esters is 2. The molecule has 0 saturated heterocycles. The Balaban J connectivity index is 4.39. The van der Waals surface area contributed by atoms with Gasteiger partial charge in [-0.1, -0.05) is 195 Å². The molecule has 394 valence electrons. The fraction of sp³-hybridized carbons (Fsp3) is 0.683. The number of unbranched alkanes of at least 4 members (excludes halogenated alkanes) is 18. The van der Waals surface area contributed by atoms with Crippen molar-refractivity contribution in [2.75, 3.05) is 47.5 Å². The Kier molecular flexibility index (Phi) is 47.8. The number of hydrogen-bond donors (Lipinski definition) is 0. The Labute approximate surface area is 422 Å². The number of likely N-dealkylation sites (N-methyl/N-ethyl adjacent to an activating group) is 1. The number of ether oxygens (including phenoxy) is 4. The third-order valence-corrected chi connectivity index (χ3v) is 11.3. The Morgan fingerprint density at radius 1 is 0.449 bits per heavy atom. The number of carboxylic acids is 1. The van der Waals surface area contributed by atoms with Crippen LogP contribution in [-0.2, 0) is 33.3 Å². The van der Waals surface area contributed by atoms with Gasteiger partial charge in [-0.3, -0.25) is 9.59 Å². The Bertz CT molecular complexity index is 1450. The number of allylic oxidation sites excluding steroid dienone is 16. The molecule has 0 aliphatic heterocycles. The van der Waals surface area contributed by atoms with Crippen LogP contribution < -0.4 is 5.11 Å². The van der Waals surface area contributed by atoms with Crippen molar-refractivity contribution in [2.24, 2.45) is 0 Å². The molecule has 0 aromatic carbocycles. The Hall–Kier alpha value is -3.79. The molecular weight excluding hydrogens is 863 g/mol. The van der Waals surface area contributed by atoms with Gasteiger partial charge in [0.2, 0.25) is 0 Å². The SMILES string of the molecule is CC/C=C\C/C=C\C/C=C\C/C=C\C/C=C\C/C=C\CCCCC(=O)OC(COC(=O)CCCCCCCCCCCCC/C=C\C/C=C\CCCCCCC)COC(OCC[N+](C)(C)C)C(=O)[O-]. The van der Waals surface area contributed by atoms with Crippen LogP contribution >= 0.6 is 0 Å². The summed E-state index contributed by atoms with van der Waals surface area (Å²) in [6.07, 6.45) is 64.5. The van der Waals surface area contributed by atoms with Gasteiger partial charge in [0.1, 0.15) is 13.2 Å². The lowest BCUT2D eigenvalue weighted by atomic mass is 10.0.